The molecule has 0 atom stereocenters. The second kappa shape index (κ2) is 6.54. The molecule has 100 valence electrons. The van der Waals surface area contributed by atoms with E-state index < -0.39 is 5.09 Å². The summed E-state index contributed by atoms with van der Waals surface area (Å²) < 4.78 is 1.65. The van der Waals surface area contributed by atoms with Gasteiger partial charge in [0.25, 0.3) is 5.09 Å². The van der Waals surface area contributed by atoms with Crippen LogP contribution in [0.2, 0.25) is 0 Å². The van der Waals surface area contributed by atoms with E-state index in [0.29, 0.717) is 5.69 Å². The largest absolute Gasteiger partial charge is 0.370 e. The van der Waals surface area contributed by atoms with Crippen LogP contribution in [0.3, 0.4) is 0 Å². The maximum atomic E-state index is 8.36. The molecule has 1 aromatic carbocycles. The van der Waals surface area contributed by atoms with Crippen molar-refractivity contribution in [2.75, 3.05) is 0 Å². The average molecular weight is 265 g/mol. The first-order valence-corrected chi connectivity index (χ1v) is 4.87. The summed E-state index contributed by atoms with van der Waals surface area (Å²) in [6.45, 7) is 0. The molecular weight excluding hydrogens is 254 g/mol. The Morgan fingerprint density at radius 2 is 1.95 bits per heavy atom. The van der Waals surface area contributed by atoms with Gasteiger partial charge >= 0.3 is 0 Å². The molecule has 0 bridgehead atoms. The highest BCUT2D eigenvalue weighted by atomic mass is 16.9. The fourth-order valence-corrected chi connectivity index (χ4v) is 1.17. The van der Waals surface area contributed by atoms with Gasteiger partial charge in [-0.25, -0.2) is 14.7 Å². The first-order valence-electron chi connectivity index (χ1n) is 4.87. The molecular formula is C9H11N7O3. The zero-order chi connectivity index (χ0) is 14.3. The lowest BCUT2D eigenvalue weighted by molar-refractivity contribution is -0.742. The minimum absolute atomic E-state index is 0.0449. The Bertz CT molecular complexity index is 542. The average Bonchev–Trinajstić information content (AvgIpc) is 2.82. The van der Waals surface area contributed by atoms with Gasteiger partial charge < -0.3 is 16.7 Å². The van der Waals surface area contributed by atoms with E-state index in [9.17, 15) is 0 Å². The Labute approximate surface area is 107 Å². The van der Waals surface area contributed by atoms with Crippen LogP contribution in [0.5, 0.6) is 0 Å². The molecule has 2 rings (SSSR count). The van der Waals surface area contributed by atoms with Crippen LogP contribution in [0, 0.1) is 10.1 Å². The van der Waals surface area contributed by atoms with Gasteiger partial charge in [0.05, 0.1) is 11.4 Å². The Morgan fingerprint density at radius 3 is 2.37 bits per heavy atom. The third-order valence-corrected chi connectivity index (χ3v) is 1.79. The smallest absolute Gasteiger partial charge is 0.291 e. The summed E-state index contributed by atoms with van der Waals surface area (Å²) in [5, 5.41) is 17.6. The second-order valence-corrected chi connectivity index (χ2v) is 3.13. The highest BCUT2D eigenvalue weighted by molar-refractivity contribution is 5.79. The highest BCUT2D eigenvalue weighted by Gasteiger charge is 1.96. The fourth-order valence-electron chi connectivity index (χ4n) is 1.17. The van der Waals surface area contributed by atoms with Crippen molar-refractivity contribution in [1.29, 1.82) is 0 Å². The molecule has 5 N–H and O–H groups in total. The number of guanidine groups is 1. The Balaban J connectivity index is 0.000000399. The molecule has 0 unspecified atom stereocenters. The van der Waals surface area contributed by atoms with Gasteiger partial charge in [0, 0.05) is 0 Å². The molecule has 0 saturated carbocycles. The standard InChI is InChI=1S/C9H10N6.HNO3/c10-9(11)14-7-1-3-8(4-2-7)15-6-12-5-13-15;2-1(3)4/h1-6H,(H4,10,11,14);(H,2,3,4). The molecule has 0 aliphatic heterocycles. The third kappa shape index (κ3) is 5.12. The number of hydrogen-bond acceptors (Lipinski definition) is 5. The lowest BCUT2D eigenvalue weighted by Gasteiger charge is -2.00. The van der Waals surface area contributed by atoms with E-state index in [1.165, 1.54) is 6.33 Å². The van der Waals surface area contributed by atoms with Crippen molar-refractivity contribution >= 4 is 11.6 Å². The summed E-state index contributed by atoms with van der Waals surface area (Å²) in [7, 11) is 0. The molecule has 10 nitrogen and oxygen atoms in total. The number of nitrogens with two attached hydrogens (primary N) is 2. The molecule has 0 amide bonds. The number of aromatic nitrogens is 3. The van der Waals surface area contributed by atoms with Crippen LogP contribution in [0.25, 0.3) is 5.69 Å². The van der Waals surface area contributed by atoms with E-state index in [0.717, 1.165) is 5.69 Å². The summed E-state index contributed by atoms with van der Waals surface area (Å²) in [5.74, 6) is 0.0449. The summed E-state index contributed by atoms with van der Waals surface area (Å²) in [4.78, 5) is 16.1. The molecule has 1 heterocycles. The summed E-state index contributed by atoms with van der Waals surface area (Å²) in [5.41, 5.74) is 12.1. The quantitative estimate of drug-likeness (QED) is 0.294. The summed E-state index contributed by atoms with van der Waals surface area (Å²) in [6.07, 6.45) is 3.10. The van der Waals surface area contributed by atoms with Gasteiger partial charge in [-0.05, 0) is 24.3 Å². The molecule has 0 fully saturated rings. The Hall–Kier alpha value is -3.17. The molecule has 2 aromatic rings. The maximum absolute atomic E-state index is 8.36. The molecule has 19 heavy (non-hydrogen) atoms. The number of hydrogen-bond donors (Lipinski definition) is 3. The van der Waals surface area contributed by atoms with Crippen molar-refractivity contribution in [1.82, 2.24) is 14.8 Å². The van der Waals surface area contributed by atoms with E-state index >= 15 is 0 Å². The van der Waals surface area contributed by atoms with E-state index in [2.05, 4.69) is 15.1 Å². The Kier molecular flexibility index (Phi) is 4.78. The monoisotopic (exact) mass is 265 g/mol. The number of nitrogens with zero attached hydrogens (tertiary/aromatic N) is 5. The third-order valence-electron chi connectivity index (χ3n) is 1.79. The highest BCUT2D eigenvalue weighted by Crippen LogP contribution is 2.14. The van der Waals surface area contributed by atoms with Crippen LogP contribution < -0.4 is 11.5 Å². The predicted octanol–water partition coefficient (Wildman–Crippen LogP) is -0.176. The van der Waals surface area contributed by atoms with E-state index in [-0.39, 0.29) is 5.96 Å². The minimum atomic E-state index is -1.50. The maximum Gasteiger partial charge on any atom is 0.291 e. The van der Waals surface area contributed by atoms with E-state index in [4.69, 9.17) is 26.8 Å². The van der Waals surface area contributed by atoms with Crippen molar-refractivity contribution < 1.29 is 10.3 Å². The van der Waals surface area contributed by atoms with Crippen molar-refractivity contribution in [2.24, 2.45) is 16.5 Å². The van der Waals surface area contributed by atoms with Gasteiger partial charge in [0.2, 0.25) is 0 Å². The van der Waals surface area contributed by atoms with Crippen molar-refractivity contribution in [3.05, 3.63) is 47.0 Å². The van der Waals surface area contributed by atoms with Crippen LogP contribution in [-0.4, -0.2) is 31.0 Å². The molecule has 0 aliphatic carbocycles. The van der Waals surface area contributed by atoms with Crippen LogP contribution in [0.15, 0.2) is 41.9 Å². The summed E-state index contributed by atoms with van der Waals surface area (Å²) >= 11 is 0. The van der Waals surface area contributed by atoms with Crippen molar-refractivity contribution in [3.8, 4) is 5.69 Å². The SMILES string of the molecule is NC(N)=Nc1ccc(-n2cncn2)cc1.O=[N+]([O-])O. The molecule has 0 saturated heterocycles. The Morgan fingerprint density at radius 1 is 1.37 bits per heavy atom. The van der Waals surface area contributed by atoms with Gasteiger partial charge in [-0.15, -0.1) is 10.1 Å². The first kappa shape index (κ1) is 13.9. The first-order chi connectivity index (χ1) is 8.99. The molecule has 10 heteroatoms. The fraction of sp³-hybridized carbons (Fsp3) is 0. The number of rotatable bonds is 2. The second-order valence-electron chi connectivity index (χ2n) is 3.13. The molecule has 0 radical (unpaired) electrons. The van der Waals surface area contributed by atoms with Crippen molar-refractivity contribution in [3.63, 3.8) is 0 Å². The van der Waals surface area contributed by atoms with Crippen LogP contribution in [0.1, 0.15) is 0 Å². The lowest BCUT2D eigenvalue weighted by atomic mass is 10.3. The van der Waals surface area contributed by atoms with Gasteiger partial charge in [-0.3, -0.25) is 0 Å². The predicted molar refractivity (Wildman–Crippen MR) is 65.6 cm³/mol. The molecule has 0 aliphatic rings. The zero-order valence-electron chi connectivity index (χ0n) is 9.62. The van der Waals surface area contributed by atoms with Crippen LogP contribution in [0.4, 0.5) is 5.69 Å². The van der Waals surface area contributed by atoms with Crippen molar-refractivity contribution in [2.45, 2.75) is 0 Å². The number of aliphatic imine (C=N–C) groups is 1. The van der Waals surface area contributed by atoms with Crippen LogP contribution in [-0.2, 0) is 0 Å². The number of benzene rings is 1. The van der Waals surface area contributed by atoms with Gasteiger partial charge in [0.15, 0.2) is 5.96 Å². The zero-order valence-corrected chi connectivity index (χ0v) is 9.62. The van der Waals surface area contributed by atoms with Crippen LogP contribution >= 0.6 is 0 Å². The van der Waals surface area contributed by atoms with E-state index in [1.54, 1.807) is 23.1 Å². The normalized spacial score (nSPS) is 9.05. The molecule has 0 spiro atoms. The molecule has 1 aromatic heterocycles. The van der Waals surface area contributed by atoms with E-state index in [1.807, 2.05) is 12.1 Å². The topological polar surface area (TPSA) is 158 Å². The van der Waals surface area contributed by atoms with Gasteiger partial charge in [0.1, 0.15) is 12.7 Å². The summed E-state index contributed by atoms with van der Waals surface area (Å²) in [6, 6.07) is 7.32. The lowest BCUT2D eigenvalue weighted by Crippen LogP contribution is -2.21. The minimum Gasteiger partial charge on any atom is -0.370 e. The van der Waals surface area contributed by atoms with Gasteiger partial charge in [-0.1, -0.05) is 0 Å². The van der Waals surface area contributed by atoms with Gasteiger partial charge in [-0.2, -0.15) is 5.10 Å².